The highest BCUT2D eigenvalue weighted by molar-refractivity contribution is 5.98. The third-order valence-corrected chi connectivity index (χ3v) is 5.91. The minimum Gasteiger partial charge on any atom is -0.493 e. The number of benzene rings is 2. The zero-order valence-electron chi connectivity index (χ0n) is 20.7. The van der Waals surface area contributed by atoms with E-state index < -0.39 is 11.9 Å². The summed E-state index contributed by atoms with van der Waals surface area (Å²) in [5.41, 5.74) is 3.85. The Hall–Kier alpha value is -4.40. The maximum Gasteiger partial charge on any atom is 0.340 e. The predicted octanol–water partition coefficient (Wildman–Crippen LogP) is 4.88. The smallest absolute Gasteiger partial charge is 0.340 e. The van der Waals surface area contributed by atoms with Gasteiger partial charge in [-0.3, -0.25) is 0 Å². The van der Waals surface area contributed by atoms with Crippen LogP contribution in [0, 0.1) is 20.8 Å². The van der Waals surface area contributed by atoms with Gasteiger partial charge in [-0.05, 0) is 50.6 Å². The Labute approximate surface area is 207 Å². The highest BCUT2D eigenvalue weighted by Gasteiger charge is 2.21. The summed E-state index contributed by atoms with van der Waals surface area (Å²) in [6.45, 7) is 5.50. The summed E-state index contributed by atoms with van der Waals surface area (Å²) >= 11 is 0. The van der Waals surface area contributed by atoms with Gasteiger partial charge in [0.15, 0.2) is 11.5 Å². The van der Waals surface area contributed by atoms with Crippen LogP contribution in [-0.4, -0.2) is 36.3 Å². The van der Waals surface area contributed by atoms with Crippen LogP contribution in [0.25, 0.3) is 10.9 Å². The number of hydrogen-bond donors (Lipinski definition) is 0. The number of carbonyl (C=O) groups excluding carboxylic acids is 2. The maximum atomic E-state index is 12.8. The van der Waals surface area contributed by atoms with E-state index in [2.05, 4.69) is 10.1 Å². The van der Waals surface area contributed by atoms with Crippen molar-refractivity contribution in [1.82, 2.24) is 10.1 Å². The molecule has 0 radical (unpaired) electrons. The fourth-order valence-electron chi connectivity index (χ4n) is 3.91. The summed E-state index contributed by atoms with van der Waals surface area (Å²) in [6, 6.07) is 12.2. The minimum atomic E-state index is -0.603. The minimum absolute atomic E-state index is 0.207. The first-order valence-electron chi connectivity index (χ1n) is 11.2. The molecule has 0 N–H and O–H groups in total. The van der Waals surface area contributed by atoms with Crippen molar-refractivity contribution in [2.45, 2.75) is 34.0 Å². The molecule has 0 aliphatic rings. The summed E-state index contributed by atoms with van der Waals surface area (Å²) in [6.07, 6.45) is 0. The number of aromatic nitrogens is 2. The molecule has 2 aromatic heterocycles. The monoisotopic (exact) mass is 490 g/mol. The van der Waals surface area contributed by atoms with Crippen LogP contribution >= 0.6 is 0 Å². The molecule has 186 valence electrons. The lowest BCUT2D eigenvalue weighted by Crippen LogP contribution is -2.14. The average Bonchev–Trinajstić information content (AvgIpc) is 3.22. The van der Waals surface area contributed by atoms with Gasteiger partial charge in [-0.1, -0.05) is 23.4 Å². The van der Waals surface area contributed by atoms with Crippen molar-refractivity contribution in [3.8, 4) is 11.5 Å². The van der Waals surface area contributed by atoms with E-state index in [-0.39, 0.29) is 24.3 Å². The van der Waals surface area contributed by atoms with Crippen molar-refractivity contribution in [3.63, 3.8) is 0 Å². The van der Waals surface area contributed by atoms with E-state index in [4.69, 9.17) is 23.5 Å². The van der Waals surface area contributed by atoms with Crippen LogP contribution < -0.4 is 9.47 Å². The highest BCUT2D eigenvalue weighted by atomic mass is 16.5. The molecule has 0 aliphatic carbocycles. The van der Waals surface area contributed by atoms with E-state index in [9.17, 15) is 9.59 Å². The first-order chi connectivity index (χ1) is 17.3. The number of nitrogens with zero attached hydrogens (tertiary/aromatic N) is 2. The van der Waals surface area contributed by atoms with Crippen molar-refractivity contribution in [2.24, 2.45) is 0 Å². The standard InChI is InChI=1S/C27H26N2O7/c1-15-19-8-6-7-9-21(19)28-22(25(15)27(31)33-5)14-35-26(30)18-10-11-23(24(12-18)32-4)34-13-20-16(2)29-36-17(20)3/h6-12H,13-14H2,1-5H3. The first-order valence-corrected chi connectivity index (χ1v) is 11.2. The van der Waals surface area contributed by atoms with E-state index in [1.165, 1.54) is 20.3 Å². The second-order valence-electron chi connectivity index (χ2n) is 8.10. The third kappa shape index (κ3) is 4.86. The van der Waals surface area contributed by atoms with Crippen LogP contribution in [-0.2, 0) is 22.7 Å². The molecule has 0 unspecified atom stereocenters. The molecule has 0 spiro atoms. The van der Waals surface area contributed by atoms with Gasteiger partial charge < -0.3 is 23.5 Å². The number of methoxy groups -OCH3 is 2. The molecule has 4 rings (SSSR count). The van der Waals surface area contributed by atoms with Crippen LogP contribution in [0.5, 0.6) is 11.5 Å². The second-order valence-corrected chi connectivity index (χ2v) is 8.10. The molecule has 2 aromatic carbocycles. The van der Waals surface area contributed by atoms with Crippen molar-refractivity contribution < 1.29 is 33.1 Å². The largest absolute Gasteiger partial charge is 0.493 e. The Morgan fingerprint density at radius 1 is 0.944 bits per heavy atom. The summed E-state index contributed by atoms with van der Waals surface area (Å²) in [4.78, 5) is 29.9. The molecule has 0 atom stereocenters. The maximum absolute atomic E-state index is 12.8. The Morgan fingerprint density at radius 3 is 2.42 bits per heavy atom. The molecule has 9 heteroatoms. The van der Waals surface area contributed by atoms with E-state index in [0.717, 1.165) is 16.6 Å². The van der Waals surface area contributed by atoms with Crippen LogP contribution in [0.4, 0.5) is 0 Å². The van der Waals surface area contributed by atoms with Gasteiger partial charge in [0, 0.05) is 5.39 Å². The number of rotatable bonds is 8. The number of esters is 2. The average molecular weight is 491 g/mol. The van der Waals surface area contributed by atoms with Crippen LogP contribution in [0.15, 0.2) is 47.0 Å². The summed E-state index contributed by atoms with van der Waals surface area (Å²) < 4.78 is 26.9. The quantitative estimate of drug-likeness (QED) is 0.319. The Kier molecular flexibility index (Phi) is 7.19. The van der Waals surface area contributed by atoms with E-state index in [1.54, 1.807) is 12.1 Å². The summed E-state index contributed by atoms with van der Waals surface area (Å²) in [5, 5.41) is 4.74. The molecular formula is C27H26N2O7. The van der Waals surface area contributed by atoms with Crippen LogP contribution in [0.2, 0.25) is 0 Å². The van der Waals surface area contributed by atoms with Crippen LogP contribution in [0.1, 0.15) is 49.0 Å². The lowest BCUT2D eigenvalue weighted by molar-refractivity contribution is 0.0455. The first kappa shape index (κ1) is 24.7. The predicted molar refractivity (Wildman–Crippen MR) is 130 cm³/mol. The second kappa shape index (κ2) is 10.5. The molecule has 0 saturated heterocycles. The van der Waals surface area contributed by atoms with Crippen LogP contribution in [0.3, 0.4) is 0 Å². The molecule has 0 bridgehead atoms. The lowest BCUT2D eigenvalue weighted by Gasteiger charge is -2.14. The lowest BCUT2D eigenvalue weighted by atomic mass is 10.0. The van der Waals surface area contributed by atoms with Gasteiger partial charge >= 0.3 is 11.9 Å². The topological polar surface area (TPSA) is 110 Å². The Balaban J connectivity index is 1.53. The zero-order valence-corrected chi connectivity index (χ0v) is 20.7. The van der Waals surface area contributed by atoms with Gasteiger partial charge in [0.25, 0.3) is 0 Å². The number of para-hydroxylation sites is 1. The van der Waals surface area contributed by atoms with Gasteiger partial charge in [0.05, 0.1) is 47.8 Å². The van der Waals surface area contributed by atoms with E-state index in [1.807, 2.05) is 45.0 Å². The zero-order chi connectivity index (χ0) is 25.8. The Morgan fingerprint density at radius 2 is 1.72 bits per heavy atom. The van der Waals surface area contributed by atoms with E-state index >= 15 is 0 Å². The van der Waals surface area contributed by atoms with E-state index in [0.29, 0.717) is 34.0 Å². The Bertz CT molecular complexity index is 1420. The number of ether oxygens (including phenoxy) is 4. The summed E-state index contributed by atoms with van der Waals surface area (Å²) in [7, 11) is 2.78. The molecule has 2 heterocycles. The molecule has 0 fully saturated rings. The highest BCUT2D eigenvalue weighted by Crippen LogP contribution is 2.30. The van der Waals surface area contributed by atoms with Crippen molar-refractivity contribution in [2.75, 3.05) is 14.2 Å². The molecule has 4 aromatic rings. The fourth-order valence-corrected chi connectivity index (χ4v) is 3.91. The van der Waals surface area contributed by atoms with Crippen molar-refractivity contribution in [3.05, 3.63) is 81.9 Å². The molecule has 36 heavy (non-hydrogen) atoms. The molecule has 9 nitrogen and oxygen atoms in total. The van der Waals surface area contributed by atoms with Gasteiger partial charge in [-0.25, -0.2) is 14.6 Å². The molecule has 0 aliphatic heterocycles. The van der Waals surface area contributed by atoms with Gasteiger partial charge in [0.2, 0.25) is 0 Å². The van der Waals surface area contributed by atoms with Crippen molar-refractivity contribution >= 4 is 22.8 Å². The third-order valence-electron chi connectivity index (χ3n) is 5.91. The fraction of sp³-hybridized carbons (Fsp3) is 0.259. The van der Waals surface area contributed by atoms with Gasteiger partial charge in [-0.15, -0.1) is 0 Å². The SMILES string of the molecule is COC(=O)c1c(COC(=O)c2ccc(OCc3c(C)noc3C)c(OC)c2)nc2ccccc2c1C. The number of carbonyl (C=O) groups is 2. The molecule has 0 saturated carbocycles. The number of aryl methyl sites for hydroxylation is 3. The molecular weight excluding hydrogens is 464 g/mol. The van der Waals surface area contributed by atoms with Gasteiger partial charge in [0.1, 0.15) is 19.0 Å². The molecule has 0 amide bonds. The van der Waals surface area contributed by atoms with Crippen molar-refractivity contribution in [1.29, 1.82) is 0 Å². The number of hydrogen-bond acceptors (Lipinski definition) is 9. The summed E-state index contributed by atoms with van der Waals surface area (Å²) in [5.74, 6) is 0.350. The normalized spacial score (nSPS) is 10.8. The van der Waals surface area contributed by atoms with Gasteiger partial charge in [-0.2, -0.15) is 0 Å². The number of pyridine rings is 1. The number of fused-ring (bicyclic) bond motifs is 1.